The van der Waals surface area contributed by atoms with E-state index in [9.17, 15) is 0 Å². The molecule has 0 atom stereocenters. The predicted octanol–water partition coefficient (Wildman–Crippen LogP) is -0.176. The molecule has 0 saturated carbocycles. The van der Waals surface area contributed by atoms with Crippen LogP contribution in [0.1, 0.15) is 0 Å². The highest BCUT2D eigenvalue weighted by Gasteiger charge is 1.97. The largest absolute Gasteiger partial charge is 0.382 e. The smallest absolute Gasteiger partial charge is 0.0701 e. The van der Waals surface area contributed by atoms with Crippen molar-refractivity contribution < 1.29 is 71.1 Å². The molecule has 0 aromatic heterocycles. The van der Waals surface area contributed by atoms with Crippen LogP contribution in [-0.2, 0) is 71.1 Å². The minimum absolute atomic E-state index is 0.505. The molecule has 0 fully saturated rings. The Morgan fingerprint density at radius 2 is 0.340 bits per heavy atom. The van der Waals surface area contributed by atoms with Gasteiger partial charge in [0.05, 0.1) is 192 Å². The fourth-order valence-electron chi connectivity index (χ4n) is 3.19. The molecule has 284 valence electrons. The molecule has 0 saturated heterocycles. The summed E-state index contributed by atoms with van der Waals surface area (Å²) in [5, 5.41) is 0. The van der Waals surface area contributed by atoms with E-state index in [4.69, 9.17) is 76.8 Å². The van der Waals surface area contributed by atoms with E-state index in [0.717, 1.165) is 0 Å². The normalized spacial score (nSPS) is 11.6. The third-order valence-corrected chi connectivity index (χ3v) is 5.53. The van der Waals surface area contributed by atoms with E-state index in [1.165, 1.54) is 0 Å². The molecule has 0 radical (unpaired) electrons. The zero-order chi connectivity index (χ0) is 33.8. The molecule has 47 heavy (non-hydrogen) atoms. The van der Waals surface area contributed by atoms with E-state index in [1.54, 1.807) is 7.11 Å². The van der Waals surface area contributed by atoms with Gasteiger partial charge < -0.3 is 76.8 Å². The lowest BCUT2D eigenvalue weighted by Crippen LogP contribution is -2.16. The Hall–Kier alpha value is -0.640. The first-order valence-corrected chi connectivity index (χ1v) is 16.7. The van der Waals surface area contributed by atoms with E-state index in [-0.39, 0.29) is 0 Å². The number of hydrogen-bond acceptors (Lipinski definition) is 16. The third kappa shape index (κ3) is 45.4. The number of nitrogens with two attached hydrogens (primary N) is 1. The van der Waals surface area contributed by atoms with Crippen LogP contribution < -0.4 is 5.73 Å². The Morgan fingerprint density at radius 3 is 0.468 bits per heavy atom. The second-order valence-electron chi connectivity index (χ2n) is 9.35. The number of ether oxygens (including phenoxy) is 15. The van der Waals surface area contributed by atoms with Crippen LogP contribution in [0.2, 0.25) is 0 Å². The molecular formula is C31H65NO15. The van der Waals surface area contributed by atoms with Gasteiger partial charge in [-0.1, -0.05) is 0 Å². The zero-order valence-electron chi connectivity index (χ0n) is 28.9. The maximum atomic E-state index is 5.48. The SMILES string of the molecule is COCCOCCOCCOCCOCCOCCOCCOCCOCCOCCOCCOCCOCCOCCOCCN. The van der Waals surface area contributed by atoms with Crippen molar-refractivity contribution in [3.8, 4) is 0 Å². The molecule has 0 aliphatic heterocycles. The maximum Gasteiger partial charge on any atom is 0.0701 e. The van der Waals surface area contributed by atoms with Crippen molar-refractivity contribution >= 4 is 0 Å². The maximum absolute atomic E-state index is 5.48. The third-order valence-electron chi connectivity index (χ3n) is 5.53. The predicted molar refractivity (Wildman–Crippen MR) is 172 cm³/mol. The van der Waals surface area contributed by atoms with Crippen LogP contribution in [0.5, 0.6) is 0 Å². The highest BCUT2D eigenvalue weighted by molar-refractivity contribution is 4.40. The number of rotatable bonds is 44. The number of methoxy groups -OCH3 is 1. The second-order valence-corrected chi connectivity index (χ2v) is 9.35. The minimum atomic E-state index is 0.505. The molecule has 0 amide bonds. The van der Waals surface area contributed by atoms with Gasteiger partial charge in [-0.2, -0.15) is 0 Å². The average Bonchev–Trinajstić information content (AvgIpc) is 3.08. The molecule has 0 heterocycles. The standard InChI is InChI=1S/C31H65NO15/c1-33-4-5-35-8-9-37-12-13-39-16-17-41-20-21-43-24-25-45-28-29-47-31-30-46-27-26-44-23-22-42-19-18-40-15-14-38-11-10-36-7-6-34-3-2-32/h2-32H2,1H3. The van der Waals surface area contributed by atoms with Gasteiger partial charge >= 0.3 is 0 Å². The Bertz CT molecular complexity index is 499. The molecular weight excluding hydrogens is 626 g/mol. The van der Waals surface area contributed by atoms with E-state index in [1.807, 2.05) is 0 Å². The van der Waals surface area contributed by atoms with Crippen LogP contribution >= 0.6 is 0 Å². The summed E-state index contributed by atoms with van der Waals surface area (Å²) in [5.41, 5.74) is 5.33. The monoisotopic (exact) mass is 691 g/mol. The fraction of sp³-hybridized carbons (Fsp3) is 1.00. The average molecular weight is 692 g/mol. The van der Waals surface area contributed by atoms with Crippen LogP contribution in [0.4, 0.5) is 0 Å². The lowest BCUT2D eigenvalue weighted by atomic mass is 10.6. The van der Waals surface area contributed by atoms with E-state index < -0.39 is 0 Å². The topological polar surface area (TPSA) is 164 Å². The Morgan fingerprint density at radius 1 is 0.213 bits per heavy atom. The van der Waals surface area contributed by atoms with Crippen molar-refractivity contribution in [2.45, 2.75) is 0 Å². The Kier molecular flexibility index (Phi) is 44.7. The van der Waals surface area contributed by atoms with Crippen molar-refractivity contribution in [2.75, 3.05) is 205 Å². The Labute approximate surface area is 282 Å². The van der Waals surface area contributed by atoms with Gasteiger partial charge in [-0.25, -0.2) is 0 Å². The molecule has 0 unspecified atom stereocenters. The Balaban J connectivity index is 3.03. The zero-order valence-corrected chi connectivity index (χ0v) is 28.9. The summed E-state index contributed by atoms with van der Waals surface area (Å²) in [5.74, 6) is 0. The molecule has 0 rings (SSSR count). The van der Waals surface area contributed by atoms with Crippen LogP contribution in [0.15, 0.2) is 0 Å². The van der Waals surface area contributed by atoms with Gasteiger partial charge in [0.2, 0.25) is 0 Å². The highest BCUT2D eigenvalue weighted by atomic mass is 16.6. The number of hydrogen-bond donors (Lipinski definition) is 1. The van der Waals surface area contributed by atoms with E-state index in [2.05, 4.69) is 0 Å². The molecule has 0 bridgehead atoms. The summed E-state index contributed by atoms with van der Waals surface area (Å²) in [6, 6.07) is 0. The first-order chi connectivity index (χ1) is 23.4. The van der Waals surface area contributed by atoms with Crippen molar-refractivity contribution in [3.63, 3.8) is 0 Å². The second kappa shape index (κ2) is 45.4. The van der Waals surface area contributed by atoms with Gasteiger partial charge in [-0.15, -0.1) is 0 Å². The van der Waals surface area contributed by atoms with Gasteiger partial charge in [0.25, 0.3) is 0 Å². The van der Waals surface area contributed by atoms with Gasteiger partial charge in [0, 0.05) is 13.7 Å². The first-order valence-electron chi connectivity index (χ1n) is 16.7. The molecule has 0 aliphatic carbocycles. The van der Waals surface area contributed by atoms with Gasteiger partial charge in [-0.05, 0) is 0 Å². The highest BCUT2D eigenvalue weighted by Crippen LogP contribution is 1.88. The molecule has 0 aromatic carbocycles. The summed E-state index contributed by atoms with van der Waals surface area (Å²) < 4.78 is 80.8. The molecule has 0 aromatic rings. The lowest BCUT2D eigenvalue weighted by Gasteiger charge is -2.09. The van der Waals surface area contributed by atoms with Crippen LogP contribution in [-0.4, -0.2) is 205 Å². The van der Waals surface area contributed by atoms with E-state index in [0.29, 0.717) is 198 Å². The van der Waals surface area contributed by atoms with Gasteiger partial charge in [0.15, 0.2) is 0 Å². The molecule has 16 nitrogen and oxygen atoms in total. The summed E-state index contributed by atoms with van der Waals surface area (Å²) in [6.07, 6.45) is 0. The van der Waals surface area contributed by atoms with Crippen LogP contribution in [0.3, 0.4) is 0 Å². The van der Waals surface area contributed by atoms with Crippen molar-refractivity contribution in [1.82, 2.24) is 0 Å². The summed E-state index contributed by atoms with van der Waals surface area (Å²) in [6.45, 7) is 15.8. The summed E-state index contributed by atoms with van der Waals surface area (Å²) >= 11 is 0. The van der Waals surface area contributed by atoms with Gasteiger partial charge in [-0.3, -0.25) is 0 Å². The van der Waals surface area contributed by atoms with Crippen LogP contribution in [0.25, 0.3) is 0 Å². The quantitative estimate of drug-likeness (QED) is 0.0837. The molecule has 0 aliphatic rings. The van der Waals surface area contributed by atoms with Crippen molar-refractivity contribution in [1.29, 1.82) is 0 Å². The first kappa shape index (κ1) is 46.4. The fourth-order valence-corrected chi connectivity index (χ4v) is 3.19. The summed E-state index contributed by atoms with van der Waals surface area (Å²) in [4.78, 5) is 0. The van der Waals surface area contributed by atoms with Gasteiger partial charge in [0.1, 0.15) is 0 Å². The molecule has 16 heteroatoms. The minimum Gasteiger partial charge on any atom is -0.382 e. The van der Waals surface area contributed by atoms with Crippen LogP contribution in [0, 0.1) is 0 Å². The van der Waals surface area contributed by atoms with Crippen molar-refractivity contribution in [2.24, 2.45) is 5.73 Å². The molecule has 0 spiro atoms. The molecule has 2 N–H and O–H groups in total. The summed E-state index contributed by atoms with van der Waals surface area (Å²) in [7, 11) is 1.64. The van der Waals surface area contributed by atoms with Crippen molar-refractivity contribution in [3.05, 3.63) is 0 Å². The van der Waals surface area contributed by atoms with E-state index >= 15 is 0 Å². The lowest BCUT2D eigenvalue weighted by molar-refractivity contribution is -0.0298.